The monoisotopic (exact) mass is 344 g/mol. The maximum absolute atomic E-state index is 12.4. The van der Waals surface area contributed by atoms with E-state index in [1.807, 2.05) is 30.3 Å². The van der Waals surface area contributed by atoms with Gasteiger partial charge in [0.25, 0.3) is 5.88 Å². The number of rotatable bonds is 3. The highest BCUT2D eigenvalue weighted by molar-refractivity contribution is 6.03. The second-order valence-corrected chi connectivity index (χ2v) is 5.48. The molecule has 0 bridgehead atoms. The molecule has 0 aliphatic heterocycles. The lowest BCUT2D eigenvalue weighted by atomic mass is 10.00. The van der Waals surface area contributed by atoms with Gasteiger partial charge in [0.2, 0.25) is 0 Å². The number of hydrogen-bond acceptors (Lipinski definition) is 4. The van der Waals surface area contributed by atoms with Gasteiger partial charge in [-0.3, -0.25) is 4.98 Å². The number of nitrogens with zero attached hydrogens (tertiary/aromatic N) is 2. The van der Waals surface area contributed by atoms with Gasteiger partial charge in [0.05, 0.1) is 5.39 Å². The van der Waals surface area contributed by atoms with Crippen molar-refractivity contribution >= 4 is 21.7 Å². The lowest BCUT2D eigenvalue weighted by Gasteiger charge is -2.07. The van der Waals surface area contributed by atoms with Crippen molar-refractivity contribution in [1.29, 1.82) is 0 Å². The molecule has 7 heteroatoms. The summed E-state index contributed by atoms with van der Waals surface area (Å²) in [4.78, 5) is 4.23. The summed E-state index contributed by atoms with van der Waals surface area (Å²) in [5.41, 5.74) is 1.86. The number of hydrogen-bond donors (Lipinski definition) is 0. The molecule has 4 rings (SSSR count). The first-order valence-corrected chi connectivity index (χ1v) is 7.44. The van der Waals surface area contributed by atoms with Gasteiger partial charge >= 0.3 is 6.18 Å². The smallest absolute Gasteiger partial charge is 0.422 e. The zero-order chi connectivity index (χ0) is 17.4. The third kappa shape index (κ3) is 2.88. The highest BCUT2D eigenvalue weighted by Crippen LogP contribution is 2.36. The van der Waals surface area contributed by atoms with E-state index in [2.05, 4.69) is 10.1 Å². The van der Waals surface area contributed by atoms with E-state index in [4.69, 9.17) is 9.26 Å². The van der Waals surface area contributed by atoms with Crippen LogP contribution >= 0.6 is 0 Å². The minimum Gasteiger partial charge on any atom is -0.465 e. The summed E-state index contributed by atoms with van der Waals surface area (Å²) in [5, 5.41) is 5.94. The lowest BCUT2D eigenvalue weighted by Crippen LogP contribution is -2.19. The van der Waals surface area contributed by atoms with E-state index in [1.54, 1.807) is 24.5 Å². The summed E-state index contributed by atoms with van der Waals surface area (Å²) in [6.07, 6.45) is -1.00. The molecule has 0 unspecified atom stereocenters. The van der Waals surface area contributed by atoms with Crippen LogP contribution < -0.4 is 4.74 Å². The number of alkyl halides is 3. The number of pyridine rings is 1. The highest BCUT2D eigenvalue weighted by Gasteiger charge is 2.29. The molecule has 0 radical (unpaired) electrons. The first-order chi connectivity index (χ1) is 12.0. The van der Waals surface area contributed by atoms with Gasteiger partial charge in [0, 0.05) is 28.9 Å². The topological polar surface area (TPSA) is 48.2 Å². The van der Waals surface area contributed by atoms with Gasteiger partial charge < -0.3 is 9.26 Å². The van der Waals surface area contributed by atoms with Crippen molar-refractivity contribution in [2.75, 3.05) is 6.61 Å². The van der Waals surface area contributed by atoms with Crippen molar-refractivity contribution in [1.82, 2.24) is 10.1 Å². The molecule has 0 saturated heterocycles. The second-order valence-electron chi connectivity index (χ2n) is 5.48. The van der Waals surface area contributed by atoms with Crippen LogP contribution in [0.4, 0.5) is 13.2 Å². The summed E-state index contributed by atoms with van der Waals surface area (Å²) >= 11 is 0. The lowest BCUT2D eigenvalue weighted by molar-refractivity contribution is -0.154. The molecule has 0 atom stereocenters. The van der Waals surface area contributed by atoms with Crippen LogP contribution in [-0.2, 0) is 0 Å². The zero-order valence-corrected chi connectivity index (χ0v) is 12.7. The molecule has 2 aromatic carbocycles. The zero-order valence-electron chi connectivity index (χ0n) is 12.7. The third-order valence-electron chi connectivity index (χ3n) is 3.80. The molecule has 25 heavy (non-hydrogen) atoms. The van der Waals surface area contributed by atoms with E-state index in [1.165, 1.54) is 0 Å². The van der Waals surface area contributed by atoms with Gasteiger partial charge in [0.15, 0.2) is 12.2 Å². The van der Waals surface area contributed by atoms with Crippen molar-refractivity contribution in [3.63, 3.8) is 0 Å². The van der Waals surface area contributed by atoms with E-state index >= 15 is 0 Å². The second kappa shape index (κ2) is 5.77. The average Bonchev–Trinajstić information content (AvgIpc) is 3.02. The first-order valence-electron chi connectivity index (χ1n) is 7.44. The van der Waals surface area contributed by atoms with Crippen molar-refractivity contribution < 1.29 is 22.4 Å². The standard InChI is InChI=1S/C18H11F3N2O2/c19-18(20,21)10-24-17-14-7-3-6-13(16(14)25-23-17)15-9-22-8-11-4-1-2-5-12(11)15/h1-9H,10H2. The van der Waals surface area contributed by atoms with Crippen LogP contribution in [0, 0.1) is 0 Å². The summed E-state index contributed by atoms with van der Waals surface area (Å²) in [6.45, 7) is -1.42. The van der Waals surface area contributed by atoms with Gasteiger partial charge in [-0.2, -0.15) is 13.2 Å². The third-order valence-corrected chi connectivity index (χ3v) is 3.80. The minimum absolute atomic E-state index is 0.178. The molecule has 0 spiro atoms. The van der Waals surface area contributed by atoms with Gasteiger partial charge in [-0.1, -0.05) is 36.4 Å². The molecule has 126 valence electrons. The van der Waals surface area contributed by atoms with Crippen LogP contribution in [0.15, 0.2) is 59.4 Å². The Balaban J connectivity index is 1.84. The van der Waals surface area contributed by atoms with Crippen LogP contribution in [0.5, 0.6) is 5.88 Å². The van der Waals surface area contributed by atoms with Crippen LogP contribution in [0.1, 0.15) is 0 Å². The predicted molar refractivity (Wildman–Crippen MR) is 86.3 cm³/mol. The Labute approximate surface area is 139 Å². The molecule has 0 saturated carbocycles. The quantitative estimate of drug-likeness (QED) is 0.526. The van der Waals surface area contributed by atoms with Gasteiger partial charge in [-0.25, -0.2) is 0 Å². The van der Waals surface area contributed by atoms with Gasteiger partial charge in [-0.15, -0.1) is 0 Å². The maximum Gasteiger partial charge on any atom is 0.422 e. The number of ether oxygens (including phenoxy) is 1. The van der Waals surface area contributed by atoms with Crippen LogP contribution in [0.25, 0.3) is 32.9 Å². The molecule has 0 N–H and O–H groups in total. The molecular weight excluding hydrogens is 333 g/mol. The predicted octanol–water partition coefficient (Wildman–Crippen LogP) is 4.98. The maximum atomic E-state index is 12.4. The Morgan fingerprint density at radius 2 is 1.72 bits per heavy atom. The minimum atomic E-state index is -4.44. The van der Waals surface area contributed by atoms with Gasteiger partial charge in [-0.05, 0) is 16.6 Å². The molecule has 4 nitrogen and oxygen atoms in total. The van der Waals surface area contributed by atoms with Crippen molar-refractivity contribution in [3.05, 3.63) is 54.9 Å². The first kappa shape index (κ1) is 15.4. The Bertz CT molecular complexity index is 1050. The Kier molecular flexibility index (Phi) is 3.56. The largest absolute Gasteiger partial charge is 0.465 e. The molecular formula is C18H11F3N2O2. The van der Waals surface area contributed by atoms with Crippen molar-refractivity contribution in [2.24, 2.45) is 0 Å². The summed E-state index contributed by atoms with van der Waals surface area (Å²) in [7, 11) is 0. The van der Waals surface area contributed by atoms with Crippen LogP contribution in [0.2, 0.25) is 0 Å². The van der Waals surface area contributed by atoms with E-state index in [9.17, 15) is 13.2 Å². The fourth-order valence-corrected chi connectivity index (χ4v) is 2.74. The summed E-state index contributed by atoms with van der Waals surface area (Å²) in [6, 6.07) is 12.8. The Morgan fingerprint density at radius 1 is 0.920 bits per heavy atom. The Hall–Kier alpha value is -3.09. The molecule has 0 fully saturated rings. The average molecular weight is 344 g/mol. The van der Waals surface area contributed by atoms with Crippen LogP contribution in [-0.4, -0.2) is 22.9 Å². The normalized spacial score (nSPS) is 12.0. The SMILES string of the molecule is FC(F)(F)COc1noc2c(-c3cncc4ccccc34)cccc12. The van der Waals surface area contributed by atoms with E-state index < -0.39 is 12.8 Å². The molecule has 2 aromatic heterocycles. The number of aromatic nitrogens is 2. The molecule has 4 aromatic rings. The summed E-state index contributed by atoms with van der Waals surface area (Å²) < 4.78 is 47.2. The summed E-state index contributed by atoms with van der Waals surface area (Å²) in [5.74, 6) is -0.178. The number of para-hydroxylation sites is 1. The van der Waals surface area contributed by atoms with Gasteiger partial charge in [0.1, 0.15) is 0 Å². The number of halogens is 3. The van der Waals surface area contributed by atoms with Crippen LogP contribution in [0.3, 0.4) is 0 Å². The molecule has 0 aliphatic rings. The van der Waals surface area contributed by atoms with Crippen molar-refractivity contribution in [2.45, 2.75) is 6.18 Å². The molecule has 0 aliphatic carbocycles. The Morgan fingerprint density at radius 3 is 2.56 bits per heavy atom. The van der Waals surface area contributed by atoms with E-state index in [0.717, 1.165) is 16.3 Å². The fraction of sp³-hybridized carbons (Fsp3) is 0.111. The number of fused-ring (bicyclic) bond motifs is 2. The van der Waals surface area contributed by atoms with E-state index in [-0.39, 0.29) is 5.88 Å². The van der Waals surface area contributed by atoms with Crippen molar-refractivity contribution in [3.8, 4) is 17.0 Å². The highest BCUT2D eigenvalue weighted by atomic mass is 19.4. The molecule has 2 heterocycles. The molecule has 0 amide bonds. The van der Waals surface area contributed by atoms with E-state index in [0.29, 0.717) is 16.5 Å². The fourth-order valence-electron chi connectivity index (χ4n) is 2.74. The number of benzene rings is 2.